The number of rotatable bonds is 4. The first-order valence-electron chi connectivity index (χ1n) is 5.62. The van der Waals surface area contributed by atoms with Gasteiger partial charge in [-0.2, -0.15) is 0 Å². The number of hydrogen-bond donors (Lipinski definition) is 2. The summed E-state index contributed by atoms with van der Waals surface area (Å²) in [6, 6.07) is 5.83. The molecule has 0 aliphatic rings. The Bertz CT molecular complexity index is 734. The van der Waals surface area contributed by atoms with Gasteiger partial charge in [0.25, 0.3) is 5.69 Å². The molecule has 0 saturated carbocycles. The zero-order valence-electron chi connectivity index (χ0n) is 10.3. The summed E-state index contributed by atoms with van der Waals surface area (Å²) in [4.78, 5) is 20.7. The summed E-state index contributed by atoms with van der Waals surface area (Å²) in [6.45, 7) is 0. The van der Waals surface area contributed by atoms with Crippen LogP contribution in [-0.2, 0) is 0 Å². The third-order valence-electron chi connectivity index (χ3n) is 2.64. The van der Waals surface area contributed by atoms with E-state index in [1.807, 2.05) is 0 Å². The highest BCUT2D eigenvalue weighted by Crippen LogP contribution is 2.29. The minimum atomic E-state index is -1.30. The summed E-state index contributed by atoms with van der Waals surface area (Å²) in [5, 5.41) is 22.0. The van der Waals surface area contributed by atoms with Crippen LogP contribution >= 0.6 is 0 Å². The van der Waals surface area contributed by atoms with Crippen LogP contribution in [0.15, 0.2) is 36.4 Å². The molecule has 0 saturated heterocycles. The average molecular weight is 294 g/mol. The molecule has 0 radical (unpaired) electrons. The van der Waals surface area contributed by atoms with Crippen LogP contribution in [0.5, 0.6) is 0 Å². The van der Waals surface area contributed by atoms with E-state index in [9.17, 15) is 23.7 Å². The molecule has 8 heteroatoms. The van der Waals surface area contributed by atoms with Crippen molar-refractivity contribution in [2.75, 3.05) is 5.32 Å². The van der Waals surface area contributed by atoms with E-state index in [1.165, 1.54) is 0 Å². The maximum atomic E-state index is 13.7. The smallest absolute Gasteiger partial charge is 0.335 e. The van der Waals surface area contributed by atoms with Gasteiger partial charge in [0.1, 0.15) is 17.3 Å². The van der Waals surface area contributed by atoms with Gasteiger partial charge in [0, 0.05) is 0 Å². The van der Waals surface area contributed by atoms with Gasteiger partial charge in [-0.05, 0) is 30.3 Å². The second-order valence-electron chi connectivity index (χ2n) is 4.04. The zero-order chi connectivity index (χ0) is 15.6. The quantitative estimate of drug-likeness (QED) is 0.666. The number of carboxylic acids is 1. The molecule has 0 atom stereocenters. The minimum absolute atomic E-state index is 0.108. The summed E-state index contributed by atoms with van der Waals surface area (Å²) in [5.74, 6) is -2.99. The van der Waals surface area contributed by atoms with E-state index in [2.05, 4.69) is 5.32 Å². The molecule has 2 aromatic carbocycles. The van der Waals surface area contributed by atoms with E-state index in [-0.39, 0.29) is 16.9 Å². The number of carboxylic acid groups (broad SMARTS) is 1. The molecule has 0 bridgehead atoms. The average Bonchev–Trinajstić information content (AvgIpc) is 2.42. The van der Waals surface area contributed by atoms with Gasteiger partial charge in [-0.3, -0.25) is 10.1 Å². The summed E-state index contributed by atoms with van der Waals surface area (Å²) in [7, 11) is 0. The normalized spacial score (nSPS) is 10.2. The molecule has 0 aromatic heterocycles. The van der Waals surface area contributed by atoms with E-state index in [1.54, 1.807) is 0 Å². The lowest BCUT2D eigenvalue weighted by atomic mass is 10.2. The number of aromatic carboxylic acids is 1. The van der Waals surface area contributed by atoms with Crippen LogP contribution < -0.4 is 5.32 Å². The number of halogens is 2. The van der Waals surface area contributed by atoms with Crippen molar-refractivity contribution in [3.8, 4) is 0 Å². The minimum Gasteiger partial charge on any atom is -0.478 e. The standard InChI is InChI=1S/C13H8F2N2O4/c14-8-2-4-11(12(6-8)17(20)21)16-10-3-1-7(13(18)19)5-9(10)15/h1-6,16H,(H,18,19). The van der Waals surface area contributed by atoms with Crippen LogP contribution in [-0.4, -0.2) is 16.0 Å². The van der Waals surface area contributed by atoms with Gasteiger partial charge >= 0.3 is 5.97 Å². The van der Waals surface area contributed by atoms with Gasteiger partial charge in [-0.1, -0.05) is 0 Å². The maximum absolute atomic E-state index is 13.7. The molecule has 0 spiro atoms. The van der Waals surface area contributed by atoms with Crippen molar-refractivity contribution in [1.82, 2.24) is 0 Å². The Labute approximate surface area is 116 Å². The van der Waals surface area contributed by atoms with Gasteiger partial charge in [0.2, 0.25) is 0 Å². The molecule has 108 valence electrons. The highest BCUT2D eigenvalue weighted by molar-refractivity contribution is 5.88. The second-order valence-corrected chi connectivity index (χ2v) is 4.04. The Morgan fingerprint density at radius 1 is 1.14 bits per heavy atom. The number of nitrogens with one attached hydrogen (secondary N) is 1. The highest BCUT2D eigenvalue weighted by Gasteiger charge is 2.17. The van der Waals surface area contributed by atoms with Crippen LogP contribution in [0.4, 0.5) is 25.8 Å². The van der Waals surface area contributed by atoms with Crippen molar-refractivity contribution >= 4 is 23.0 Å². The first-order chi connectivity index (χ1) is 9.88. The lowest BCUT2D eigenvalue weighted by Gasteiger charge is -2.08. The molecule has 6 nitrogen and oxygen atoms in total. The number of nitro benzene ring substituents is 1. The second kappa shape index (κ2) is 5.53. The van der Waals surface area contributed by atoms with Gasteiger partial charge in [0.15, 0.2) is 0 Å². The van der Waals surface area contributed by atoms with E-state index in [0.29, 0.717) is 6.07 Å². The Morgan fingerprint density at radius 2 is 1.81 bits per heavy atom. The third kappa shape index (κ3) is 3.11. The van der Waals surface area contributed by atoms with Gasteiger partial charge < -0.3 is 10.4 Å². The molecule has 0 heterocycles. The molecule has 0 fully saturated rings. The molecule has 0 aliphatic carbocycles. The first kappa shape index (κ1) is 14.4. The predicted octanol–water partition coefficient (Wildman–Crippen LogP) is 3.31. The highest BCUT2D eigenvalue weighted by atomic mass is 19.1. The van der Waals surface area contributed by atoms with Crippen LogP contribution in [0, 0.1) is 21.7 Å². The largest absolute Gasteiger partial charge is 0.478 e. The molecule has 21 heavy (non-hydrogen) atoms. The monoisotopic (exact) mass is 294 g/mol. The zero-order valence-corrected chi connectivity index (χ0v) is 10.3. The van der Waals surface area contributed by atoms with Crippen molar-refractivity contribution in [2.45, 2.75) is 0 Å². The summed E-state index contributed by atoms with van der Waals surface area (Å²) in [5.41, 5.74) is -1.08. The summed E-state index contributed by atoms with van der Waals surface area (Å²) >= 11 is 0. The van der Waals surface area contributed by atoms with E-state index in [4.69, 9.17) is 5.11 Å². The van der Waals surface area contributed by atoms with Crippen molar-refractivity contribution in [3.63, 3.8) is 0 Å². The van der Waals surface area contributed by atoms with Crippen molar-refractivity contribution < 1.29 is 23.6 Å². The fraction of sp³-hybridized carbons (Fsp3) is 0. The van der Waals surface area contributed by atoms with Crippen LogP contribution in [0.3, 0.4) is 0 Å². The predicted molar refractivity (Wildman–Crippen MR) is 69.7 cm³/mol. The van der Waals surface area contributed by atoms with Crippen LogP contribution in [0.1, 0.15) is 10.4 Å². The molecular weight excluding hydrogens is 286 g/mol. The molecule has 0 amide bonds. The lowest BCUT2D eigenvalue weighted by molar-refractivity contribution is -0.384. The van der Waals surface area contributed by atoms with E-state index < -0.39 is 28.2 Å². The Morgan fingerprint density at radius 3 is 2.38 bits per heavy atom. The topological polar surface area (TPSA) is 92.5 Å². The van der Waals surface area contributed by atoms with E-state index in [0.717, 1.165) is 30.3 Å². The van der Waals surface area contributed by atoms with Gasteiger partial charge in [-0.15, -0.1) is 0 Å². The Balaban J connectivity index is 2.39. The number of nitrogens with zero attached hydrogens (tertiary/aromatic N) is 1. The SMILES string of the molecule is O=C(O)c1ccc(Nc2ccc(F)cc2[N+](=O)[O-])c(F)c1. The summed E-state index contributed by atoms with van der Waals surface area (Å²) < 4.78 is 26.7. The third-order valence-corrected chi connectivity index (χ3v) is 2.64. The maximum Gasteiger partial charge on any atom is 0.335 e. The van der Waals surface area contributed by atoms with Crippen LogP contribution in [0.25, 0.3) is 0 Å². The van der Waals surface area contributed by atoms with Crippen molar-refractivity contribution in [1.29, 1.82) is 0 Å². The Kier molecular flexibility index (Phi) is 3.79. The fourth-order valence-corrected chi connectivity index (χ4v) is 1.66. The molecular formula is C13H8F2N2O4. The first-order valence-corrected chi connectivity index (χ1v) is 5.62. The number of carbonyl (C=O) groups is 1. The molecule has 0 unspecified atom stereocenters. The lowest BCUT2D eigenvalue weighted by Crippen LogP contribution is -2.02. The van der Waals surface area contributed by atoms with E-state index >= 15 is 0 Å². The number of benzene rings is 2. The molecule has 0 aliphatic heterocycles. The Hall–Kier alpha value is -3.03. The number of nitro groups is 1. The summed E-state index contributed by atoms with van der Waals surface area (Å²) in [6.07, 6.45) is 0. The van der Waals surface area contributed by atoms with Gasteiger partial charge in [0.05, 0.1) is 22.2 Å². The molecule has 2 aromatic rings. The van der Waals surface area contributed by atoms with Crippen molar-refractivity contribution in [3.05, 3.63) is 63.7 Å². The number of hydrogen-bond acceptors (Lipinski definition) is 4. The molecule has 2 rings (SSSR count). The number of anilines is 2. The van der Waals surface area contributed by atoms with Gasteiger partial charge in [-0.25, -0.2) is 13.6 Å². The fourth-order valence-electron chi connectivity index (χ4n) is 1.66. The molecule has 2 N–H and O–H groups in total. The van der Waals surface area contributed by atoms with Crippen LogP contribution in [0.2, 0.25) is 0 Å². The van der Waals surface area contributed by atoms with Crippen molar-refractivity contribution in [2.24, 2.45) is 0 Å².